The fourth-order valence-corrected chi connectivity index (χ4v) is 5.36. The highest BCUT2D eigenvalue weighted by Gasteiger charge is 2.57. The Balaban J connectivity index is 2.16. The maximum Gasteiger partial charge on any atom is 0.311 e. The molecule has 2 fully saturated rings. The molecule has 1 saturated carbocycles. The molecule has 0 unspecified atom stereocenters. The van der Waals surface area contributed by atoms with Gasteiger partial charge in [0.25, 0.3) is 10.2 Å². The summed E-state index contributed by atoms with van der Waals surface area (Å²) in [5.74, 6) is -0.973. The van der Waals surface area contributed by atoms with Crippen molar-refractivity contribution in [3.63, 3.8) is 0 Å². The number of nitrogens with zero attached hydrogens (tertiary/aromatic N) is 2. The van der Waals surface area contributed by atoms with Crippen LogP contribution < -0.4 is 0 Å². The average molecular weight is 350 g/mol. The summed E-state index contributed by atoms with van der Waals surface area (Å²) in [5, 5.41) is 9.60. The third-order valence-corrected chi connectivity index (χ3v) is 6.96. The van der Waals surface area contributed by atoms with Crippen LogP contribution in [0.4, 0.5) is 0 Å². The average Bonchev–Trinajstić information content (AvgIpc) is 3.05. The van der Waals surface area contributed by atoms with Crippen molar-refractivity contribution in [1.29, 1.82) is 0 Å². The molecule has 0 spiro atoms. The predicted molar refractivity (Wildman–Crippen MR) is 83.2 cm³/mol. The Morgan fingerprint density at radius 2 is 1.91 bits per heavy atom. The summed E-state index contributed by atoms with van der Waals surface area (Å²) in [6, 6.07) is 0. The van der Waals surface area contributed by atoms with Crippen molar-refractivity contribution in [2.45, 2.75) is 19.3 Å². The Kier molecular flexibility index (Phi) is 6.01. The number of aliphatic carboxylic acids is 1. The largest absolute Gasteiger partial charge is 0.481 e. The summed E-state index contributed by atoms with van der Waals surface area (Å²) in [4.78, 5) is 11.7. The van der Waals surface area contributed by atoms with E-state index < -0.39 is 21.6 Å². The van der Waals surface area contributed by atoms with Crippen LogP contribution in [0.5, 0.6) is 0 Å². The van der Waals surface area contributed by atoms with E-state index in [-0.39, 0.29) is 45.3 Å². The molecule has 134 valence electrons. The van der Waals surface area contributed by atoms with Gasteiger partial charge < -0.3 is 14.6 Å². The van der Waals surface area contributed by atoms with Gasteiger partial charge in [-0.05, 0) is 18.8 Å². The molecule has 1 N–H and O–H groups in total. The zero-order valence-corrected chi connectivity index (χ0v) is 14.5. The van der Waals surface area contributed by atoms with E-state index in [2.05, 4.69) is 0 Å². The summed E-state index contributed by atoms with van der Waals surface area (Å²) >= 11 is 0. The molecule has 0 aromatic rings. The molecule has 2 atom stereocenters. The second-order valence-corrected chi connectivity index (χ2v) is 8.16. The molecule has 0 bridgehead atoms. The Hall–Kier alpha value is -0.740. The van der Waals surface area contributed by atoms with Crippen molar-refractivity contribution >= 4 is 16.2 Å². The molecule has 1 saturated heterocycles. The molecule has 0 amide bonds. The maximum atomic E-state index is 12.9. The number of rotatable bonds is 9. The van der Waals surface area contributed by atoms with Crippen LogP contribution in [-0.2, 0) is 24.5 Å². The van der Waals surface area contributed by atoms with Gasteiger partial charge in [-0.3, -0.25) is 4.79 Å². The summed E-state index contributed by atoms with van der Waals surface area (Å²) in [7, 11) is -0.686. The first-order valence-electron chi connectivity index (χ1n) is 7.85. The number of hydrogen-bond donors (Lipinski definition) is 1. The minimum Gasteiger partial charge on any atom is -0.481 e. The fourth-order valence-electron chi connectivity index (χ4n) is 3.66. The van der Waals surface area contributed by atoms with Crippen molar-refractivity contribution in [3.8, 4) is 0 Å². The molecule has 2 aliphatic rings. The Bertz CT molecular complexity index is 517. The Labute approximate surface area is 137 Å². The molecule has 2 rings (SSSR count). The number of ether oxygens (including phenoxy) is 2. The van der Waals surface area contributed by atoms with Crippen molar-refractivity contribution in [3.05, 3.63) is 0 Å². The summed E-state index contributed by atoms with van der Waals surface area (Å²) in [6.07, 6.45) is 2.17. The van der Waals surface area contributed by atoms with Gasteiger partial charge in [-0.2, -0.15) is 17.0 Å². The molecule has 1 heterocycles. The molecule has 1 aliphatic heterocycles. The fraction of sp³-hybridized carbons (Fsp3) is 0.929. The third kappa shape index (κ3) is 3.53. The first kappa shape index (κ1) is 18.6. The molecule has 8 nitrogen and oxygen atoms in total. The van der Waals surface area contributed by atoms with Gasteiger partial charge in [-0.25, -0.2) is 0 Å². The van der Waals surface area contributed by atoms with Gasteiger partial charge >= 0.3 is 5.97 Å². The highest BCUT2D eigenvalue weighted by molar-refractivity contribution is 7.86. The van der Waals surface area contributed by atoms with Crippen LogP contribution >= 0.6 is 0 Å². The molecule has 9 heteroatoms. The predicted octanol–water partition coefficient (Wildman–Crippen LogP) is 0.0127. The van der Waals surface area contributed by atoms with Crippen molar-refractivity contribution in [2.75, 3.05) is 53.6 Å². The van der Waals surface area contributed by atoms with Gasteiger partial charge in [0.05, 0.1) is 18.6 Å². The minimum absolute atomic E-state index is 0.0613. The third-order valence-electron chi connectivity index (χ3n) is 5.01. The lowest BCUT2D eigenvalue weighted by molar-refractivity contribution is -0.149. The molecule has 1 aliphatic carbocycles. The van der Waals surface area contributed by atoms with E-state index >= 15 is 0 Å². The standard InChI is InChI=1S/C14H26N2O6S/c1-21-8-6-15(7-9-22-2)23(19,20)16-10-12-4-3-5-14(12,11-16)13(17)18/h12H,3-11H2,1-2H3,(H,17,18)/t12-,14+/m0/s1. The lowest BCUT2D eigenvalue weighted by Gasteiger charge is -2.28. The second-order valence-electron chi connectivity index (χ2n) is 6.24. The van der Waals surface area contributed by atoms with E-state index in [4.69, 9.17) is 9.47 Å². The van der Waals surface area contributed by atoms with Gasteiger partial charge in [0.2, 0.25) is 0 Å². The van der Waals surface area contributed by atoms with Crippen LogP contribution in [0.3, 0.4) is 0 Å². The van der Waals surface area contributed by atoms with Crippen LogP contribution in [-0.4, -0.2) is 81.7 Å². The van der Waals surface area contributed by atoms with E-state index in [9.17, 15) is 18.3 Å². The Morgan fingerprint density at radius 1 is 1.30 bits per heavy atom. The van der Waals surface area contributed by atoms with Gasteiger partial charge in [0, 0.05) is 40.4 Å². The lowest BCUT2D eigenvalue weighted by atomic mass is 9.81. The highest BCUT2D eigenvalue weighted by Crippen LogP contribution is 2.49. The smallest absolute Gasteiger partial charge is 0.311 e. The van der Waals surface area contributed by atoms with E-state index in [1.54, 1.807) is 0 Å². The number of carbonyl (C=O) groups is 1. The Morgan fingerprint density at radius 3 is 2.39 bits per heavy atom. The quantitative estimate of drug-likeness (QED) is 0.629. The van der Waals surface area contributed by atoms with Gasteiger partial charge in [0.15, 0.2) is 0 Å². The second kappa shape index (κ2) is 7.43. The van der Waals surface area contributed by atoms with E-state index in [1.807, 2.05) is 0 Å². The summed E-state index contributed by atoms with van der Waals surface area (Å²) in [6.45, 7) is 1.36. The number of carboxylic acid groups (broad SMARTS) is 1. The maximum absolute atomic E-state index is 12.9. The molecule has 0 aromatic carbocycles. The topological polar surface area (TPSA) is 96.4 Å². The number of fused-ring (bicyclic) bond motifs is 1. The van der Waals surface area contributed by atoms with E-state index in [0.717, 1.165) is 12.8 Å². The monoisotopic (exact) mass is 350 g/mol. The van der Waals surface area contributed by atoms with Crippen LogP contribution in [0, 0.1) is 11.3 Å². The lowest BCUT2D eigenvalue weighted by Crippen LogP contribution is -2.46. The van der Waals surface area contributed by atoms with Crippen molar-refractivity contribution in [1.82, 2.24) is 8.61 Å². The van der Waals surface area contributed by atoms with Gasteiger partial charge in [-0.1, -0.05) is 6.42 Å². The van der Waals surface area contributed by atoms with Crippen LogP contribution in [0.1, 0.15) is 19.3 Å². The van der Waals surface area contributed by atoms with Gasteiger partial charge in [0.1, 0.15) is 0 Å². The molecule has 0 aromatic heterocycles. The highest BCUT2D eigenvalue weighted by atomic mass is 32.2. The van der Waals surface area contributed by atoms with E-state index in [0.29, 0.717) is 6.42 Å². The van der Waals surface area contributed by atoms with Gasteiger partial charge in [-0.15, -0.1) is 0 Å². The van der Waals surface area contributed by atoms with Crippen LogP contribution in [0.15, 0.2) is 0 Å². The zero-order chi connectivity index (χ0) is 17.1. The van der Waals surface area contributed by atoms with Crippen LogP contribution in [0.2, 0.25) is 0 Å². The van der Waals surface area contributed by atoms with Crippen molar-refractivity contribution in [2.24, 2.45) is 11.3 Å². The van der Waals surface area contributed by atoms with Crippen molar-refractivity contribution < 1.29 is 27.8 Å². The number of methoxy groups -OCH3 is 2. The number of carboxylic acids is 1. The molecule has 0 radical (unpaired) electrons. The molecule has 23 heavy (non-hydrogen) atoms. The van der Waals surface area contributed by atoms with E-state index in [1.165, 1.54) is 22.8 Å². The van der Waals surface area contributed by atoms with Crippen LogP contribution in [0.25, 0.3) is 0 Å². The minimum atomic E-state index is -3.72. The first-order valence-corrected chi connectivity index (χ1v) is 9.24. The number of hydrogen-bond acceptors (Lipinski definition) is 5. The molecular weight excluding hydrogens is 324 g/mol. The SMILES string of the molecule is COCCN(CCOC)S(=O)(=O)N1C[C@@H]2CCC[C@@]2(C(=O)O)C1. The molecular formula is C14H26N2O6S. The summed E-state index contributed by atoms with van der Waals surface area (Å²) in [5.41, 5.74) is -0.915. The summed E-state index contributed by atoms with van der Waals surface area (Å²) < 4.78 is 38.4. The zero-order valence-electron chi connectivity index (χ0n) is 13.7. The normalized spacial score (nSPS) is 28.4. The first-order chi connectivity index (χ1) is 10.9.